The highest BCUT2D eigenvalue weighted by atomic mass is 14.9. The van der Waals surface area contributed by atoms with Gasteiger partial charge in [-0.1, -0.05) is 20.8 Å². The summed E-state index contributed by atoms with van der Waals surface area (Å²) in [5.74, 6) is 1.02. The molecule has 1 heteroatoms. The first kappa shape index (κ1) is 8.96. The van der Waals surface area contributed by atoms with Crippen LogP contribution in [0.15, 0.2) is 0 Å². The summed E-state index contributed by atoms with van der Waals surface area (Å²) in [7, 11) is 0. The van der Waals surface area contributed by atoms with Crippen molar-refractivity contribution in [3.8, 4) is 0 Å². The summed E-state index contributed by atoms with van der Waals surface area (Å²) in [5.41, 5.74) is 0. The van der Waals surface area contributed by atoms with Gasteiger partial charge in [0.25, 0.3) is 0 Å². The van der Waals surface area contributed by atoms with Crippen molar-refractivity contribution in [3.05, 3.63) is 0 Å². The van der Waals surface area contributed by atoms with Crippen molar-refractivity contribution in [2.24, 2.45) is 5.92 Å². The molecule has 0 atom stereocenters. The van der Waals surface area contributed by atoms with Gasteiger partial charge in [0.2, 0.25) is 0 Å². The SMILES string of the molecule is C.CCC1CCNCC1. The summed E-state index contributed by atoms with van der Waals surface area (Å²) in [4.78, 5) is 0. The number of hydrogen-bond acceptors (Lipinski definition) is 1. The molecule has 0 spiro atoms. The molecule has 56 valence electrons. The molecule has 9 heavy (non-hydrogen) atoms. The van der Waals surface area contributed by atoms with Crippen LogP contribution in [0.1, 0.15) is 33.6 Å². The van der Waals surface area contributed by atoms with Crippen molar-refractivity contribution in [2.75, 3.05) is 13.1 Å². The van der Waals surface area contributed by atoms with Crippen LogP contribution < -0.4 is 5.32 Å². The van der Waals surface area contributed by atoms with Gasteiger partial charge >= 0.3 is 0 Å². The van der Waals surface area contributed by atoms with Crippen LogP contribution in [0, 0.1) is 5.92 Å². The second-order valence-corrected chi connectivity index (χ2v) is 2.60. The summed E-state index contributed by atoms with van der Waals surface area (Å²) < 4.78 is 0. The van der Waals surface area contributed by atoms with Crippen LogP contribution in [0.3, 0.4) is 0 Å². The molecule has 0 aliphatic carbocycles. The van der Waals surface area contributed by atoms with E-state index in [1.54, 1.807) is 0 Å². The molecule has 0 aromatic rings. The van der Waals surface area contributed by atoms with Gasteiger partial charge in [-0.05, 0) is 31.8 Å². The van der Waals surface area contributed by atoms with Crippen molar-refractivity contribution in [3.63, 3.8) is 0 Å². The number of hydrogen-bond donors (Lipinski definition) is 1. The van der Waals surface area contributed by atoms with Crippen LogP contribution in [0.5, 0.6) is 0 Å². The quantitative estimate of drug-likeness (QED) is 0.571. The Kier molecular flexibility index (Phi) is 4.78. The largest absolute Gasteiger partial charge is 0.317 e. The zero-order valence-corrected chi connectivity index (χ0v) is 5.61. The van der Waals surface area contributed by atoms with Crippen LogP contribution in [-0.4, -0.2) is 13.1 Å². The van der Waals surface area contributed by atoms with Crippen molar-refractivity contribution in [1.29, 1.82) is 0 Å². The molecule has 1 heterocycles. The minimum atomic E-state index is 0. The molecular formula is C8H19N. The van der Waals surface area contributed by atoms with Crippen molar-refractivity contribution < 1.29 is 0 Å². The Hall–Kier alpha value is -0.0400. The Bertz CT molecular complexity index is 55.6. The van der Waals surface area contributed by atoms with Crippen molar-refractivity contribution >= 4 is 0 Å². The fourth-order valence-corrected chi connectivity index (χ4v) is 1.29. The number of rotatable bonds is 1. The average molecular weight is 129 g/mol. The fourth-order valence-electron chi connectivity index (χ4n) is 1.29. The molecule has 1 N–H and O–H groups in total. The van der Waals surface area contributed by atoms with Gasteiger partial charge in [0.05, 0.1) is 0 Å². The molecule has 0 unspecified atom stereocenters. The lowest BCUT2D eigenvalue weighted by atomic mass is 9.96. The molecule has 0 bridgehead atoms. The summed E-state index contributed by atoms with van der Waals surface area (Å²) in [6.45, 7) is 4.78. The van der Waals surface area contributed by atoms with Crippen molar-refractivity contribution in [1.82, 2.24) is 5.32 Å². The van der Waals surface area contributed by atoms with Crippen LogP contribution in [0.4, 0.5) is 0 Å². The molecule has 1 aliphatic rings. The molecular weight excluding hydrogens is 110 g/mol. The minimum Gasteiger partial charge on any atom is -0.317 e. The van der Waals surface area contributed by atoms with Gasteiger partial charge in [-0.2, -0.15) is 0 Å². The lowest BCUT2D eigenvalue weighted by Crippen LogP contribution is -2.27. The lowest BCUT2D eigenvalue weighted by Gasteiger charge is -2.20. The molecule has 1 rings (SSSR count). The normalized spacial score (nSPS) is 21.0. The Balaban J connectivity index is 0.000000640. The standard InChI is InChI=1S/C7H15N.CH4/c1-2-7-3-5-8-6-4-7;/h7-8H,2-6H2,1H3;1H4. The Morgan fingerprint density at radius 2 is 1.89 bits per heavy atom. The van der Waals surface area contributed by atoms with E-state index in [0.29, 0.717) is 0 Å². The maximum Gasteiger partial charge on any atom is -0.00463 e. The molecule has 1 saturated heterocycles. The highest BCUT2D eigenvalue weighted by Gasteiger charge is 2.08. The van der Waals surface area contributed by atoms with E-state index in [2.05, 4.69) is 12.2 Å². The summed E-state index contributed by atoms with van der Waals surface area (Å²) >= 11 is 0. The monoisotopic (exact) mass is 129 g/mol. The highest BCUT2D eigenvalue weighted by Crippen LogP contribution is 2.13. The summed E-state index contributed by atoms with van der Waals surface area (Å²) in [5, 5.41) is 3.35. The second-order valence-electron chi connectivity index (χ2n) is 2.60. The third-order valence-corrected chi connectivity index (χ3v) is 2.04. The van der Waals surface area contributed by atoms with E-state index in [1.165, 1.54) is 32.4 Å². The van der Waals surface area contributed by atoms with Crippen LogP contribution >= 0.6 is 0 Å². The van der Waals surface area contributed by atoms with Gasteiger partial charge in [-0.15, -0.1) is 0 Å². The predicted octanol–water partition coefficient (Wildman–Crippen LogP) is 2.03. The lowest BCUT2D eigenvalue weighted by molar-refractivity contribution is 0.365. The molecule has 0 aromatic heterocycles. The molecule has 1 nitrogen and oxygen atoms in total. The first-order valence-corrected chi connectivity index (χ1v) is 3.64. The fraction of sp³-hybridized carbons (Fsp3) is 1.00. The zero-order valence-electron chi connectivity index (χ0n) is 5.61. The minimum absolute atomic E-state index is 0. The van der Waals surface area contributed by atoms with E-state index in [4.69, 9.17) is 0 Å². The van der Waals surface area contributed by atoms with Crippen molar-refractivity contribution in [2.45, 2.75) is 33.6 Å². The third-order valence-electron chi connectivity index (χ3n) is 2.04. The maximum atomic E-state index is 3.35. The molecule has 0 saturated carbocycles. The summed E-state index contributed by atoms with van der Waals surface area (Å²) in [6.07, 6.45) is 4.18. The first-order chi connectivity index (χ1) is 3.93. The van der Waals surface area contributed by atoms with E-state index in [-0.39, 0.29) is 7.43 Å². The van der Waals surface area contributed by atoms with Gasteiger partial charge in [0.1, 0.15) is 0 Å². The average Bonchev–Trinajstić information content (AvgIpc) is 1.90. The first-order valence-electron chi connectivity index (χ1n) is 3.64. The smallest absolute Gasteiger partial charge is 0.00463 e. The molecule has 0 aromatic carbocycles. The number of piperidine rings is 1. The topological polar surface area (TPSA) is 12.0 Å². The third kappa shape index (κ3) is 2.85. The van der Waals surface area contributed by atoms with Gasteiger partial charge in [0, 0.05) is 0 Å². The van der Waals surface area contributed by atoms with Crippen LogP contribution in [0.2, 0.25) is 0 Å². The van der Waals surface area contributed by atoms with E-state index < -0.39 is 0 Å². The maximum absolute atomic E-state index is 3.35. The Morgan fingerprint density at radius 3 is 2.22 bits per heavy atom. The van der Waals surface area contributed by atoms with Gasteiger partial charge < -0.3 is 5.32 Å². The van der Waals surface area contributed by atoms with Gasteiger partial charge in [-0.25, -0.2) is 0 Å². The second kappa shape index (κ2) is 4.80. The van der Waals surface area contributed by atoms with Crippen LogP contribution in [-0.2, 0) is 0 Å². The van der Waals surface area contributed by atoms with E-state index >= 15 is 0 Å². The van der Waals surface area contributed by atoms with Gasteiger partial charge in [-0.3, -0.25) is 0 Å². The summed E-state index contributed by atoms with van der Waals surface area (Å²) in [6, 6.07) is 0. The molecule has 0 amide bonds. The molecule has 1 fully saturated rings. The van der Waals surface area contributed by atoms with Crippen LogP contribution in [0.25, 0.3) is 0 Å². The Labute approximate surface area is 58.8 Å². The molecule has 1 aliphatic heterocycles. The molecule has 0 radical (unpaired) electrons. The Morgan fingerprint density at radius 1 is 1.33 bits per heavy atom. The van der Waals surface area contributed by atoms with E-state index in [1.807, 2.05) is 0 Å². The zero-order chi connectivity index (χ0) is 5.82. The predicted molar refractivity (Wildman–Crippen MR) is 42.6 cm³/mol. The van der Waals surface area contributed by atoms with E-state index in [0.717, 1.165) is 5.92 Å². The van der Waals surface area contributed by atoms with E-state index in [9.17, 15) is 0 Å². The number of nitrogens with one attached hydrogen (secondary N) is 1. The van der Waals surface area contributed by atoms with Gasteiger partial charge in [0.15, 0.2) is 0 Å². The highest BCUT2D eigenvalue weighted by molar-refractivity contribution is 4.66.